The Morgan fingerprint density at radius 2 is 1.40 bits per heavy atom. The number of ether oxygens (including phenoxy) is 4. The first kappa shape index (κ1) is 16.3. The predicted molar refractivity (Wildman–Crippen MR) is 52.4 cm³/mol. The Morgan fingerprint density at radius 1 is 0.933 bits per heavy atom. The molecule has 0 unspecified atom stereocenters. The van der Waals surface area contributed by atoms with E-state index in [4.69, 9.17) is 0 Å². The molecule has 0 aliphatic heterocycles. The van der Waals surface area contributed by atoms with Crippen molar-refractivity contribution in [2.24, 2.45) is 0 Å². The quantitative estimate of drug-likeness (QED) is 0.610. The normalized spacial score (nSPS) is 8.53. The Bertz CT molecular complexity index is 160. The van der Waals surface area contributed by atoms with Gasteiger partial charge in [-0.25, -0.2) is 9.59 Å². The van der Waals surface area contributed by atoms with Crippen LogP contribution in [-0.2, 0) is 28.5 Å². The standard InChI is InChI=1S/C5H10O3.C4H8O3/c1-3-8-5(6)4-7-2;1-6-3-4(5)7-2/h3-4H2,1-2H3;3H2,1-2H3. The van der Waals surface area contributed by atoms with E-state index in [0.29, 0.717) is 6.61 Å². The molecule has 0 saturated carbocycles. The number of carbonyl (C=O) groups is 2. The molecule has 0 aliphatic rings. The maximum atomic E-state index is 10.3. The van der Waals surface area contributed by atoms with E-state index in [1.54, 1.807) is 6.92 Å². The minimum Gasteiger partial charge on any atom is -0.467 e. The maximum absolute atomic E-state index is 10.3. The minimum atomic E-state index is -0.345. The highest BCUT2D eigenvalue weighted by Crippen LogP contribution is 1.76. The van der Waals surface area contributed by atoms with E-state index in [9.17, 15) is 9.59 Å². The third kappa shape index (κ3) is 15.6. The second kappa shape index (κ2) is 12.9. The van der Waals surface area contributed by atoms with Crippen LogP contribution in [0.2, 0.25) is 0 Å². The van der Waals surface area contributed by atoms with Gasteiger partial charge >= 0.3 is 11.9 Å². The molecular weight excluding hydrogens is 204 g/mol. The van der Waals surface area contributed by atoms with Gasteiger partial charge in [0.1, 0.15) is 13.2 Å². The lowest BCUT2D eigenvalue weighted by molar-refractivity contribution is -0.147. The molecule has 0 atom stereocenters. The number of methoxy groups -OCH3 is 3. The van der Waals surface area contributed by atoms with Crippen molar-refractivity contribution in [2.75, 3.05) is 41.2 Å². The van der Waals surface area contributed by atoms with Crippen LogP contribution < -0.4 is 0 Å². The smallest absolute Gasteiger partial charge is 0.332 e. The summed E-state index contributed by atoms with van der Waals surface area (Å²) >= 11 is 0. The van der Waals surface area contributed by atoms with Crippen LogP contribution in [0.25, 0.3) is 0 Å². The highest BCUT2D eigenvalue weighted by molar-refractivity contribution is 5.70. The van der Waals surface area contributed by atoms with Crippen LogP contribution in [-0.4, -0.2) is 53.1 Å². The van der Waals surface area contributed by atoms with E-state index in [-0.39, 0.29) is 25.2 Å². The molecule has 0 rings (SSSR count). The van der Waals surface area contributed by atoms with Gasteiger partial charge in [-0.3, -0.25) is 0 Å². The first-order valence-electron chi connectivity index (χ1n) is 4.32. The minimum absolute atomic E-state index is 0.0382. The largest absolute Gasteiger partial charge is 0.467 e. The van der Waals surface area contributed by atoms with Gasteiger partial charge in [0.05, 0.1) is 13.7 Å². The second-order valence-electron chi connectivity index (χ2n) is 2.25. The third-order valence-corrected chi connectivity index (χ3v) is 1.06. The van der Waals surface area contributed by atoms with Crippen molar-refractivity contribution in [1.82, 2.24) is 0 Å². The summed E-state index contributed by atoms with van der Waals surface area (Å²) in [5.41, 5.74) is 0. The number of esters is 2. The first-order chi connectivity index (χ1) is 7.12. The molecule has 0 heterocycles. The van der Waals surface area contributed by atoms with Crippen LogP contribution in [0.4, 0.5) is 0 Å². The van der Waals surface area contributed by atoms with Crippen LogP contribution >= 0.6 is 0 Å². The van der Waals surface area contributed by atoms with Gasteiger partial charge in [-0.15, -0.1) is 0 Å². The molecule has 0 spiro atoms. The Hall–Kier alpha value is -1.14. The van der Waals surface area contributed by atoms with Gasteiger partial charge in [0.25, 0.3) is 0 Å². The van der Waals surface area contributed by atoms with Gasteiger partial charge < -0.3 is 18.9 Å². The molecule has 0 amide bonds. The van der Waals surface area contributed by atoms with Crippen LogP contribution in [0.1, 0.15) is 6.92 Å². The van der Waals surface area contributed by atoms with E-state index in [1.807, 2.05) is 0 Å². The topological polar surface area (TPSA) is 71.1 Å². The molecule has 90 valence electrons. The molecule has 0 aliphatic carbocycles. The lowest BCUT2D eigenvalue weighted by atomic mass is 10.7. The van der Waals surface area contributed by atoms with Crippen molar-refractivity contribution < 1.29 is 28.5 Å². The van der Waals surface area contributed by atoms with Gasteiger partial charge in [-0.1, -0.05) is 0 Å². The third-order valence-electron chi connectivity index (χ3n) is 1.06. The summed E-state index contributed by atoms with van der Waals surface area (Å²) in [6.07, 6.45) is 0. The summed E-state index contributed by atoms with van der Waals surface area (Å²) in [4.78, 5) is 20.4. The van der Waals surface area contributed by atoms with Crippen molar-refractivity contribution in [3.63, 3.8) is 0 Å². The lowest BCUT2D eigenvalue weighted by Gasteiger charge is -1.97. The molecule has 6 nitrogen and oxygen atoms in total. The van der Waals surface area contributed by atoms with E-state index in [1.165, 1.54) is 21.3 Å². The second-order valence-corrected chi connectivity index (χ2v) is 2.25. The zero-order valence-electron chi connectivity index (χ0n) is 9.57. The van der Waals surface area contributed by atoms with Crippen LogP contribution in [0.5, 0.6) is 0 Å². The van der Waals surface area contributed by atoms with Crippen molar-refractivity contribution in [1.29, 1.82) is 0 Å². The highest BCUT2D eigenvalue weighted by atomic mass is 16.6. The fraction of sp³-hybridized carbons (Fsp3) is 0.778. The molecule has 0 saturated heterocycles. The summed E-state index contributed by atoms with van der Waals surface area (Å²) in [6.45, 7) is 2.26. The number of carbonyl (C=O) groups excluding carboxylic acids is 2. The molecule has 0 aromatic heterocycles. The summed E-state index contributed by atoms with van der Waals surface area (Å²) in [5.74, 6) is -0.655. The van der Waals surface area contributed by atoms with Gasteiger partial charge in [0.15, 0.2) is 0 Å². The fourth-order valence-electron chi connectivity index (χ4n) is 0.497. The SMILES string of the molecule is CCOC(=O)COC.COCC(=O)OC. The van der Waals surface area contributed by atoms with Gasteiger partial charge in [-0.2, -0.15) is 0 Å². The summed E-state index contributed by atoms with van der Waals surface area (Å²) in [5, 5.41) is 0. The van der Waals surface area contributed by atoms with Gasteiger partial charge in [0, 0.05) is 14.2 Å². The Kier molecular flexibility index (Phi) is 14.0. The van der Waals surface area contributed by atoms with Crippen LogP contribution in [0, 0.1) is 0 Å². The van der Waals surface area contributed by atoms with Crippen LogP contribution in [0.15, 0.2) is 0 Å². The first-order valence-corrected chi connectivity index (χ1v) is 4.32. The van der Waals surface area contributed by atoms with E-state index >= 15 is 0 Å². The van der Waals surface area contributed by atoms with Crippen molar-refractivity contribution in [2.45, 2.75) is 6.92 Å². The Labute approximate surface area is 89.4 Å². The molecule has 6 heteroatoms. The highest BCUT2D eigenvalue weighted by Gasteiger charge is 1.96. The average Bonchev–Trinajstić information content (AvgIpc) is 2.20. The number of rotatable bonds is 5. The molecule has 0 aromatic rings. The zero-order valence-corrected chi connectivity index (χ0v) is 9.57. The van der Waals surface area contributed by atoms with E-state index in [2.05, 4.69) is 18.9 Å². The van der Waals surface area contributed by atoms with Gasteiger partial charge in [0.2, 0.25) is 0 Å². The Morgan fingerprint density at radius 3 is 1.67 bits per heavy atom. The van der Waals surface area contributed by atoms with Crippen molar-refractivity contribution in [3.05, 3.63) is 0 Å². The molecule has 15 heavy (non-hydrogen) atoms. The summed E-state index contributed by atoms with van der Waals surface area (Å²) < 4.78 is 17.6. The Balaban J connectivity index is 0. The van der Waals surface area contributed by atoms with Crippen molar-refractivity contribution >= 4 is 11.9 Å². The van der Waals surface area contributed by atoms with Crippen molar-refractivity contribution in [3.8, 4) is 0 Å². The molecule has 0 fully saturated rings. The molecule has 0 bridgehead atoms. The van der Waals surface area contributed by atoms with E-state index < -0.39 is 0 Å². The van der Waals surface area contributed by atoms with Crippen LogP contribution in [0.3, 0.4) is 0 Å². The average molecular weight is 222 g/mol. The zero-order chi connectivity index (χ0) is 12.1. The molecule has 0 N–H and O–H groups in total. The summed E-state index contributed by atoms with van der Waals surface area (Å²) in [6, 6.07) is 0. The lowest BCUT2D eigenvalue weighted by Crippen LogP contribution is -2.10. The summed E-state index contributed by atoms with van der Waals surface area (Å²) in [7, 11) is 4.22. The number of hydrogen-bond donors (Lipinski definition) is 0. The molecule has 0 aromatic carbocycles. The number of hydrogen-bond acceptors (Lipinski definition) is 6. The van der Waals surface area contributed by atoms with Gasteiger partial charge in [-0.05, 0) is 6.92 Å². The maximum Gasteiger partial charge on any atom is 0.332 e. The van der Waals surface area contributed by atoms with E-state index in [0.717, 1.165) is 0 Å². The monoisotopic (exact) mass is 222 g/mol. The fourth-order valence-corrected chi connectivity index (χ4v) is 0.497. The predicted octanol–water partition coefficient (Wildman–Crippen LogP) is 0.00170. The molecular formula is C9H18O6. The molecule has 0 radical (unpaired) electrons.